The van der Waals surface area contributed by atoms with E-state index in [1.165, 1.54) is 12.1 Å². The highest BCUT2D eigenvalue weighted by molar-refractivity contribution is 5.95. The Morgan fingerprint density at radius 1 is 1.08 bits per heavy atom. The van der Waals surface area contributed by atoms with E-state index in [9.17, 15) is 14.6 Å². The van der Waals surface area contributed by atoms with Crippen molar-refractivity contribution in [3.8, 4) is 23.0 Å². The highest BCUT2D eigenvalue weighted by Gasteiger charge is 2.32. The lowest BCUT2D eigenvalue weighted by molar-refractivity contribution is 0.165. The fourth-order valence-electron chi connectivity index (χ4n) is 5.22. The number of nitrogens with zero attached hydrogens (tertiary/aromatic N) is 1. The Balaban J connectivity index is 1.42. The van der Waals surface area contributed by atoms with Crippen molar-refractivity contribution in [3.05, 3.63) is 83.2 Å². The third-order valence-corrected chi connectivity index (χ3v) is 7.34. The van der Waals surface area contributed by atoms with Gasteiger partial charge in [0, 0.05) is 41.3 Å². The molecule has 0 bridgehead atoms. The summed E-state index contributed by atoms with van der Waals surface area (Å²) in [6.07, 6.45) is 0.0806. The van der Waals surface area contributed by atoms with Crippen LogP contribution < -0.4 is 9.47 Å². The van der Waals surface area contributed by atoms with Crippen molar-refractivity contribution < 1.29 is 28.5 Å². The summed E-state index contributed by atoms with van der Waals surface area (Å²) in [5.41, 5.74) is 3.26. The zero-order valence-electron chi connectivity index (χ0n) is 21.0. The molecular formula is C30H31F2NO4. The maximum atomic E-state index is 15.6. The minimum Gasteiger partial charge on any atom is -0.508 e. The van der Waals surface area contributed by atoms with Crippen molar-refractivity contribution in [3.63, 3.8) is 0 Å². The van der Waals surface area contributed by atoms with E-state index in [0.29, 0.717) is 40.4 Å². The van der Waals surface area contributed by atoms with Gasteiger partial charge in [0.05, 0.1) is 6.67 Å². The van der Waals surface area contributed by atoms with E-state index in [2.05, 4.69) is 4.90 Å². The van der Waals surface area contributed by atoms with E-state index in [1.807, 2.05) is 19.9 Å². The van der Waals surface area contributed by atoms with Gasteiger partial charge in [-0.3, -0.25) is 9.29 Å². The largest absolute Gasteiger partial charge is 0.508 e. The van der Waals surface area contributed by atoms with E-state index in [0.717, 1.165) is 25.1 Å². The lowest BCUT2D eigenvalue weighted by Gasteiger charge is -2.31. The van der Waals surface area contributed by atoms with Crippen LogP contribution in [0.4, 0.5) is 8.78 Å². The quantitative estimate of drug-likeness (QED) is 0.390. The summed E-state index contributed by atoms with van der Waals surface area (Å²) in [5.74, 6) is 0.756. The average molecular weight is 508 g/mol. The molecule has 3 atom stereocenters. The Hall–Kier alpha value is -3.58. The molecule has 37 heavy (non-hydrogen) atoms. The Morgan fingerprint density at radius 2 is 1.89 bits per heavy atom. The number of fused-ring (bicyclic) bond motifs is 1. The predicted molar refractivity (Wildman–Crippen MR) is 139 cm³/mol. The van der Waals surface area contributed by atoms with Crippen LogP contribution in [0.1, 0.15) is 43.1 Å². The van der Waals surface area contributed by atoms with Crippen LogP contribution in [0.2, 0.25) is 0 Å². The number of alkyl halides is 1. The molecule has 2 heterocycles. The Bertz CT molecular complexity index is 1320. The number of hydrogen-bond donors (Lipinski definition) is 2. The van der Waals surface area contributed by atoms with Gasteiger partial charge in [0.25, 0.3) is 0 Å². The lowest BCUT2D eigenvalue weighted by atomic mass is 9.86. The first-order chi connectivity index (χ1) is 17.8. The van der Waals surface area contributed by atoms with Gasteiger partial charge in [-0.15, -0.1) is 0 Å². The van der Waals surface area contributed by atoms with E-state index < -0.39 is 11.9 Å². The van der Waals surface area contributed by atoms with Crippen LogP contribution in [0.15, 0.2) is 60.7 Å². The van der Waals surface area contributed by atoms with Gasteiger partial charge in [-0.1, -0.05) is 12.1 Å². The SMILES string of the molecule is CC1=C(c2cccc(O)c2)C(c2ccc(OCC(C)N3CCC(CF)C3)cc2F)Oc2ccc(O)cc21. The molecule has 194 valence electrons. The van der Waals surface area contributed by atoms with Crippen molar-refractivity contribution in [2.75, 3.05) is 26.4 Å². The zero-order chi connectivity index (χ0) is 26.1. The number of phenols is 2. The highest BCUT2D eigenvalue weighted by Crippen LogP contribution is 2.48. The smallest absolute Gasteiger partial charge is 0.153 e. The molecule has 1 saturated heterocycles. The molecule has 5 nitrogen and oxygen atoms in total. The summed E-state index contributed by atoms with van der Waals surface area (Å²) in [4.78, 5) is 2.20. The van der Waals surface area contributed by atoms with Crippen LogP contribution in [0.3, 0.4) is 0 Å². The second-order valence-corrected chi connectivity index (χ2v) is 9.91. The molecule has 2 N–H and O–H groups in total. The number of aromatic hydroxyl groups is 2. The van der Waals surface area contributed by atoms with Crippen molar-refractivity contribution in [1.29, 1.82) is 0 Å². The second-order valence-electron chi connectivity index (χ2n) is 9.91. The van der Waals surface area contributed by atoms with Crippen molar-refractivity contribution in [1.82, 2.24) is 4.90 Å². The van der Waals surface area contributed by atoms with Crippen LogP contribution >= 0.6 is 0 Å². The molecule has 0 spiro atoms. The van der Waals surface area contributed by atoms with Gasteiger partial charge in [0.1, 0.15) is 35.4 Å². The van der Waals surface area contributed by atoms with Gasteiger partial charge in [0.2, 0.25) is 0 Å². The molecule has 2 aliphatic heterocycles. The van der Waals surface area contributed by atoms with Gasteiger partial charge in [-0.05, 0) is 80.4 Å². The summed E-state index contributed by atoms with van der Waals surface area (Å²) in [6, 6.07) is 16.4. The van der Waals surface area contributed by atoms with Gasteiger partial charge in [0.15, 0.2) is 6.10 Å². The average Bonchev–Trinajstić information content (AvgIpc) is 3.37. The number of halogens is 2. The third-order valence-electron chi connectivity index (χ3n) is 7.34. The lowest BCUT2D eigenvalue weighted by Crippen LogP contribution is -2.35. The summed E-state index contributed by atoms with van der Waals surface area (Å²) in [6.45, 7) is 5.57. The van der Waals surface area contributed by atoms with Crippen molar-refractivity contribution in [2.45, 2.75) is 32.4 Å². The van der Waals surface area contributed by atoms with Crippen molar-refractivity contribution in [2.24, 2.45) is 5.92 Å². The molecule has 3 aromatic carbocycles. The number of allylic oxidation sites excluding steroid dienone is 1. The first-order valence-corrected chi connectivity index (χ1v) is 12.6. The number of hydrogen-bond acceptors (Lipinski definition) is 5. The van der Waals surface area contributed by atoms with Crippen LogP contribution in [0.25, 0.3) is 11.1 Å². The zero-order valence-corrected chi connectivity index (χ0v) is 21.0. The van der Waals surface area contributed by atoms with Gasteiger partial charge in [-0.25, -0.2) is 4.39 Å². The molecule has 0 amide bonds. The normalized spacial score (nSPS) is 20.4. The predicted octanol–water partition coefficient (Wildman–Crippen LogP) is 6.36. The standard InChI is InChI=1S/C30H31F2NO4/c1-18(33-11-10-20(15-31)16-33)17-36-24-7-8-25(27(32)14-24)30-29(21-4-3-5-22(34)12-21)19(2)26-13-23(35)6-9-28(26)37-30/h3-9,12-14,18,20,30,34-35H,10-11,15-17H2,1-2H3. The fraction of sp³-hybridized carbons (Fsp3) is 0.333. The third kappa shape index (κ3) is 5.14. The van der Waals surface area contributed by atoms with Crippen LogP contribution in [0.5, 0.6) is 23.0 Å². The summed E-state index contributed by atoms with van der Waals surface area (Å²) in [7, 11) is 0. The molecule has 7 heteroatoms. The Morgan fingerprint density at radius 3 is 2.62 bits per heavy atom. The van der Waals surface area contributed by atoms with Crippen LogP contribution in [-0.2, 0) is 0 Å². The first-order valence-electron chi connectivity index (χ1n) is 12.6. The maximum Gasteiger partial charge on any atom is 0.153 e. The van der Waals surface area contributed by atoms with E-state index in [1.54, 1.807) is 42.5 Å². The molecule has 1 fully saturated rings. The van der Waals surface area contributed by atoms with Crippen LogP contribution in [0, 0.1) is 11.7 Å². The van der Waals surface area contributed by atoms with Gasteiger partial charge in [-0.2, -0.15) is 0 Å². The van der Waals surface area contributed by atoms with Crippen LogP contribution in [-0.4, -0.2) is 47.5 Å². The molecule has 0 saturated carbocycles. The molecule has 5 rings (SSSR count). The second kappa shape index (κ2) is 10.4. The number of likely N-dealkylation sites (tertiary alicyclic amines) is 1. The number of benzene rings is 3. The van der Waals surface area contributed by atoms with E-state index >= 15 is 4.39 Å². The summed E-state index contributed by atoms with van der Waals surface area (Å²) < 4.78 is 40.7. The summed E-state index contributed by atoms with van der Waals surface area (Å²) >= 11 is 0. The number of rotatable bonds is 7. The molecule has 0 radical (unpaired) electrons. The minimum atomic E-state index is -0.769. The summed E-state index contributed by atoms with van der Waals surface area (Å²) in [5, 5.41) is 20.1. The Kier molecular flexibility index (Phi) is 7.07. The first kappa shape index (κ1) is 25.1. The molecule has 3 aromatic rings. The van der Waals surface area contributed by atoms with E-state index in [-0.39, 0.29) is 30.1 Å². The monoisotopic (exact) mass is 507 g/mol. The fourth-order valence-corrected chi connectivity index (χ4v) is 5.22. The topological polar surface area (TPSA) is 62.2 Å². The molecule has 2 aliphatic rings. The molecule has 3 unspecified atom stereocenters. The van der Waals surface area contributed by atoms with Gasteiger partial charge >= 0.3 is 0 Å². The Labute approximate surface area is 215 Å². The molecular weight excluding hydrogens is 476 g/mol. The van der Waals surface area contributed by atoms with E-state index in [4.69, 9.17) is 9.47 Å². The van der Waals surface area contributed by atoms with Crippen molar-refractivity contribution >= 4 is 11.1 Å². The van der Waals surface area contributed by atoms with Gasteiger partial charge < -0.3 is 19.7 Å². The molecule has 0 aromatic heterocycles. The highest BCUT2D eigenvalue weighted by atomic mass is 19.1. The molecule has 0 aliphatic carbocycles. The number of phenolic OH excluding ortho intramolecular Hbond substituents is 2. The minimum absolute atomic E-state index is 0.0843. The number of ether oxygens (including phenoxy) is 2. The maximum absolute atomic E-state index is 15.6.